The van der Waals surface area contributed by atoms with E-state index >= 15 is 0 Å². The van der Waals surface area contributed by atoms with Gasteiger partial charge in [-0.2, -0.15) is 0 Å². The maximum Gasteiger partial charge on any atom is 0.137 e. The van der Waals surface area contributed by atoms with Crippen molar-refractivity contribution in [2.45, 2.75) is 71.6 Å². The molecule has 6 aromatic rings. The van der Waals surface area contributed by atoms with Crippen LogP contribution < -0.4 is 4.74 Å². The highest BCUT2D eigenvalue weighted by atomic mass is 79.9. The van der Waals surface area contributed by atoms with E-state index in [4.69, 9.17) is 15.2 Å². The second kappa shape index (κ2) is 11.2. The molecule has 3 nitrogen and oxygen atoms in total. The predicted molar refractivity (Wildman–Crippen MR) is 192 cm³/mol. The number of pyridine rings is 1. The van der Waals surface area contributed by atoms with Gasteiger partial charge in [0.25, 0.3) is 0 Å². The van der Waals surface area contributed by atoms with Crippen LogP contribution in [0.4, 0.5) is 0 Å². The van der Waals surface area contributed by atoms with E-state index in [1.807, 2.05) is 44.2 Å². The van der Waals surface area contributed by atoms with Crippen molar-refractivity contribution in [3.05, 3.63) is 118 Å². The van der Waals surface area contributed by atoms with Crippen LogP contribution in [-0.2, 0) is 17.2 Å². The largest absolute Gasteiger partial charge is 0.457 e. The van der Waals surface area contributed by atoms with E-state index in [9.17, 15) is 2.74 Å². The minimum absolute atomic E-state index is 0.0345. The Hall–Kier alpha value is -3.89. The lowest BCUT2D eigenvalue weighted by molar-refractivity contribution is 0.332. The van der Waals surface area contributed by atoms with Crippen LogP contribution in [0.3, 0.4) is 0 Å². The van der Waals surface area contributed by atoms with Crippen molar-refractivity contribution in [3.8, 4) is 28.4 Å². The summed E-state index contributed by atoms with van der Waals surface area (Å²) in [4.78, 5) is 4.95. The summed E-state index contributed by atoms with van der Waals surface area (Å²) in [7, 11) is 0. The summed E-state index contributed by atoms with van der Waals surface area (Å²) in [6.07, 6.45) is 2.11. The van der Waals surface area contributed by atoms with Gasteiger partial charge in [0.15, 0.2) is 0 Å². The maximum atomic E-state index is 9.39. The zero-order chi connectivity index (χ0) is 36.8. The van der Waals surface area contributed by atoms with E-state index in [2.05, 4.69) is 61.8 Å². The van der Waals surface area contributed by atoms with Crippen LogP contribution in [0.15, 0.2) is 102 Å². The molecule has 2 aromatic heterocycles. The Labute approximate surface area is 283 Å². The van der Waals surface area contributed by atoms with Gasteiger partial charge >= 0.3 is 0 Å². The topological polar surface area (TPSA) is 27.1 Å². The standard InChI is InChI=1S/C41H41BrN2O/c1-26(2)20-28-22-39(43-25-34(28)27-14-17-35-36(21-27)41(5,6)19-18-40(35,3)4)44-37-13-8-7-12-32(37)33-16-15-31(24-38(33)44)45-30-11-9-10-29(42)23-30/h7-17,21-26H,18-20H2,1-6H3/i7D,8D,12D,13D,20D2. The molecule has 0 amide bonds. The summed E-state index contributed by atoms with van der Waals surface area (Å²) in [5, 5.41) is 0.973. The fourth-order valence-corrected chi connectivity index (χ4v) is 7.03. The summed E-state index contributed by atoms with van der Waals surface area (Å²) in [5.74, 6) is 1.10. The fraction of sp³-hybridized carbons (Fsp3) is 0.293. The fourth-order valence-electron chi connectivity index (χ4n) is 6.65. The lowest BCUT2D eigenvalue weighted by Gasteiger charge is -2.42. The minimum atomic E-state index is -1.76. The number of fused-ring (bicyclic) bond motifs is 4. The smallest absolute Gasteiger partial charge is 0.137 e. The SMILES string of the molecule is [2H]c1c([2H])c([2H])c2c(c1[2H])c1ccc(Oc3cccc(Br)c3)cc1n2-c1cc(C([2H])([2H])C(C)C)c(-c2ccc3c(c2)C(C)(C)CCC3(C)C)cn1. The first-order chi connectivity index (χ1) is 23.9. The number of rotatable bonds is 6. The zero-order valence-electron chi connectivity index (χ0n) is 32.6. The van der Waals surface area contributed by atoms with Crippen LogP contribution in [0.5, 0.6) is 11.5 Å². The van der Waals surface area contributed by atoms with E-state index in [-0.39, 0.29) is 46.4 Å². The van der Waals surface area contributed by atoms with Gasteiger partial charge in [0.05, 0.1) is 16.5 Å². The molecule has 7 rings (SSSR count). The second-order valence-electron chi connectivity index (χ2n) is 13.7. The van der Waals surface area contributed by atoms with Crippen molar-refractivity contribution >= 4 is 37.7 Å². The van der Waals surface area contributed by atoms with Crippen LogP contribution >= 0.6 is 15.9 Å². The quantitative estimate of drug-likeness (QED) is 0.177. The van der Waals surface area contributed by atoms with E-state index in [1.54, 1.807) is 29.0 Å². The number of hydrogen-bond donors (Lipinski definition) is 0. The number of para-hydroxylation sites is 1. The molecule has 1 aliphatic rings. The lowest BCUT2D eigenvalue weighted by Crippen LogP contribution is -2.33. The van der Waals surface area contributed by atoms with Crippen LogP contribution in [0.1, 0.15) is 79.3 Å². The molecule has 0 N–H and O–H groups in total. The molecule has 1 aliphatic carbocycles. The summed E-state index contributed by atoms with van der Waals surface area (Å²) in [6, 6.07) is 20.1. The molecular weight excluding hydrogens is 616 g/mol. The third-order valence-corrected chi connectivity index (χ3v) is 9.62. The predicted octanol–water partition coefficient (Wildman–Crippen LogP) is 11.9. The van der Waals surface area contributed by atoms with Crippen molar-refractivity contribution in [1.29, 1.82) is 0 Å². The first kappa shape index (κ1) is 23.4. The summed E-state index contributed by atoms with van der Waals surface area (Å²) in [6.45, 7) is 12.9. The number of nitrogens with zero attached hydrogens (tertiary/aromatic N) is 2. The van der Waals surface area contributed by atoms with Gasteiger partial charge in [-0.3, -0.25) is 4.57 Å². The van der Waals surface area contributed by atoms with Gasteiger partial charge in [0.1, 0.15) is 17.3 Å². The Balaban J connectivity index is 1.51. The normalized spacial score (nSPS) is 17.7. The maximum absolute atomic E-state index is 9.39. The van der Waals surface area contributed by atoms with Crippen LogP contribution in [0, 0.1) is 5.92 Å². The van der Waals surface area contributed by atoms with E-state index in [0.717, 1.165) is 22.9 Å². The van der Waals surface area contributed by atoms with Gasteiger partial charge < -0.3 is 4.74 Å². The molecule has 0 aliphatic heterocycles. The Morgan fingerprint density at radius 1 is 0.867 bits per heavy atom. The molecule has 0 unspecified atom stereocenters. The van der Waals surface area contributed by atoms with E-state index in [1.165, 1.54) is 11.1 Å². The van der Waals surface area contributed by atoms with Crippen molar-refractivity contribution in [2.75, 3.05) is 0 Å². The Bertz CT molecular complexity index is 2380. The Morgan fingerprint density at radius 3 is 2.40 bits per heavy atom. The van der Waals surface area contributed by atoms with Crippen LogP contribution in [0.2, 0.25) is 0 Å². The van der Waals surface area contributed by atoms with Gasteiger partial charge in [-0.15, -0.1) is 0 Å². The van der Waals surface area contributed by atoms with Gasteiger partial charge in [-0.1, -0.05) is 99.9 Å². The molecule has 4 aromatic carbocycles. The molecule has 0 radical (unpaired) electrons. The first-order valence-corrected chi connectivity index (χ1v) is 16.4. The highest BCUT2D eigenvalue weighted by Crippen LogP contribution is 2.47. The molecule has 4 heteroatoms. The molecule has 0 saturated carbocycles. The van der Waals surface area contributed by atoms with Crippen molar-refractivity contribution in [1.82, 2.24) is 9.55 Å². The van der Waals surface area contributed by atoms with Gasteiger partial charge in [-0.25, -0.2) is 4.98 Å². The molecule has 0 bridgehead atoms. The monoisotopic (exact) mass is 662 g/mol. The summed E-state index contributed by atoms with van der Waals surface area (Å²) < 4.78 is 62.6. The molecule has 0 atom stereocenters. The van der Waals surface area contributed by atoms with Gasteiger partial charge in [0, 0.05) is 35.8 Å². The highest BCUT2D eigenvalue weighted by Gasteiger charge is 2.37. The van der Waals surface area contributed by atoms with Crippen molar-refractivity contribution in [3.63, 3.8) is 0 Å². The van der Waals surface area contributed by atoms with E-state index in [0.29, 0.717) is 44.7 Å². The van der Waals surface area contributed by atoms with Crippen LogP contribution in [0.25, 0.3) is 38.8 Å². The number of hydrogen-bond acceptors (Lipinski definition) is 2. The Morgan fingerprint density at radius 2 is 1.62 bits per heavy atom. The zero-order valence-corrected chi connectivity index (χ0v) is 28.2. The van der Waals surface area contributed by atoms with E-state index < -0.39 is 6.37 Å². The molecule has 228 valence electrons. The highest BCUT2D eigenvalue weighted by molar-refractivity contribution is 9.10. The van der Waals surface area contributed by atoms with Crippen molar-refractivity contribution < 1.29 is 13.0 Å². The lowest BCUT2D eigenvalue weighted by atomic mass is 9.63. The average molecular weight is 664 g/mol. The number of ether oxygens (including phenoxy) is 1. The number of benzene rings is 4. The number of halogens is 1. The third-order valence-electron chi connectivity index (χ3n) is 9.13. The van der Waals surface area contributed by atoms with Crippen molar-refractivity contribution in [2.24, 2.45) is 5.92 Å². The summed E-state index contributed by atoms with van der Waals surface area (Å²) >= 11 is 3.49. The minimum Gasteiger partial charge on any atom is -0.457 e. The third kappa shape index (κ3) is 5.48. The number of aromatic nitrogens is 2. The molecule has 45 heavy (non-hydrogen) atoms. The summed E-state index contributed by atoms with van der Waals surface area (Å²) in [5.41, 5.74) is 5.49. The molecule has 0 spiro atoms. The average Bonchev–Trinajstić information content (AvgIpc) is 3.42. The molecule has 0 saturated heterocycles. The molecular formula is C41H41BrN2O. The van der Waals surface area contributed by atoms with Gasteiger partial charge in [-0.05, 0) is 101 Å². The first-order valence-electron chi connectivity index (χ1n) is 18.6. The Kier molecular flexibility index (Phi) is 5.82. The van der Waals surface area contributed by atoms with Crippen LogP contribution in [-0.4, -0.2) is 9.55 Å². The molecule has 2 heterocycles. The van der Waals surface area contributed by atoms with Gasteiger partial charge in [0.2, 0.25) is 0 Å². The molecule has 0 fully saturated rings. The second-order valence-corrected chi connectivity index (χ2v) is 14.6.